The molecule has 2 unspecified atom stereocenters. The summed E-state index contributed by atoms with van der Waals surface area (Å²) in [4.78, 5) is 25.4. The number of hydrogen-bond donors (Lipinski definition) is 3. The third-order valence-corrected chi connectivity index (χ3v) is 8.06. The molecule has 1 aromatic heterocycles. The van der Waals surface area contributed by atoms with Crippen LogP contribution in [0.3, 0.4) is 0 Å². The van der Waals surface area contributed by atoms with Crippen LogP contribution in [0.15, 0.2) is 36.5 Å². The first-order valence-corrected chi connectivity index (χ1v) is 12.3. The number of aromatic nitrogens is 1. The van der Waals surface area contributed by atoms with Crippen LogP contribution in [0.5, 0.6) is 0 Å². The van der Waals surface area contributed by atoms with Crippen LogP contribution in [-0.4, -0.2) is 33.9 Å². The number of amides is 2. The van der Waals surface area contributed by atoms with Gasteiger partial charge in [0.05, 0.1) is 17.0 Å². The molecule has 0 aliphatic heterocycles. The molecule has 2 fully saturated rings. The highest BCUT2D eigenvalue weighted by Crippen LogP contribution is 2.46. The van der Waals surface area contributed by atoms with Crippen LogP contribution in [0.25, 0.3) is 0 Å². The number of benzene rings is 1. The Morgan fingerprint density at radius 3 is 2.56 bits per heavy atom. The van der Waals surface area contributed by atoms with Crippen molar-refractivity contribution in [1.29, 1.82) is 0 Å². The van der Waals surface area contributed by atoms with Crippen molar-refractivity contribution in [2.24, 2.45) is 11.8 Å². The fraction of sp³-hybridized carbons (Fsp3) is 0.542. The Balaban J connectivity index is 1.21. The van der Waals surface area contributed by atoms with E-state index in [1.54, 1.807) is 6.20 Å². The lowest BCUT2D eigenvalue weighted by Crippen LogP contribution is -2.41. The van der Waals surface area contributed by atoms with Crippen molar-refractivity contribution in [2.75, 3.05) is 6.54 Å². The summed E-state index contributed by atoms with van der Waals surface area (Å²) in [7, 11) is 0. The van der Waals surface area contributed by atoms with Gasteiger partial charge in [-0.25, -0.2) is 4.37 Å². The summed E-state index contributed by atoms with van der Waals surface area (Å²) in [6.07, 6.45) is 3.21. The SMILES string of the molecule is O=C(CNC(=O)c1cccc(C(F)(F)F)c1)NC1CCC(C2CCC(O)(c3ccns3)CC2)C1. The van der Waals surface area contributed by atoms with E-state index in [0.29, 0.717) is 11.8 Å². The van der Waals surface area contributed by atoms with E-state index in [1.165, 1.54) is 23.7 Å². The molecule has 4 rings (SSSR count). The molecule has 2 aliphatic carbocycles. The molecule has 0 radical (unpaired) electrons. The quantitative estimate of drug-likeness (QED) is 0.559. The third-order valence-electron chi connectivity index (χ3n) is 7.12. The zero-order valence-corrected chi connectivity index (χ0v) is 19.4. The molecule has 2 amide bonds. The largest absolute Gasteiger partial charge is 0.416 e. The van der Waals surface area contributed by atoms with Crippen molar-refractivity contribution < 1.29 is 27.9 Å². The first-order chi connectivity index (χ1) is 16.1. The van der Waals surface area contributed by atoms with Gasteiger partial charge in [-0.15, -0.1) is 0 Å². The van der Waals surface area contributed by atoms with E-state index in [2.05, 4.69) is 15.0 Å². The van der Waals surface area contributed by atoms with E-state index in [4.69, 9.17) is 0 Å². The average Bonchev–Trinajstić information content (AvgIpc) is 3.51. The standard InChI is InChI=1S/C24H28F3N3O3S/c25-24(26,27)18-3-1-2-17(12-18)22(32)28-14-21(31)30-19-5-4-16(13-19)15-6-9-23(33,10-7-15)20-8-11-29-34-20/h1-3,8,11-12,15-16,19,33H,4-7,9-10,13-14H2,(H,28,32)(H,30,31). The van der Waals surface area contributed by atoms with Gasteiger partial charge in [0, 0.05) is 17.8 Å². The van der Waals surface area contributed by atoms with E-state index in [0.717, 1.165) is 62.0 Å². The van der Waals surface area contributed by atoms with Crippen molar-refractivity contribution in [3.63, 3.8) is 0 Å². The van der Waals surface area contributed by atoms with Gasteiger partial charge in [-0.1, -0.05) is 6.07 Å². The van der Waals surface area contributed by atoms with Gasteiger partial charge < -0.3 is 15.7 Å². The summed E-state index contributed by atoms with van der Waals surface area (Å²) in [5.74, 6) is -0.0814. The number of halogens is 3. The van der Waals surface area contributed by atoms with Crippen LogP contribution in [0.1, 0.15) is 65.7 Å². The van der Waals surface area contributed by atoms with Gasteiger partial charge in [-0.05, 0) is 92.6 Å². The van der Waals surface area contributed by atoms with E-state index < -0.39 is 23.2 Å². The molecule has 0 saturated heterocycles. The molecule has 0 bridgehead atoms. The van der Waals surface area contributed by atoms with Gasteiger partial charge in [0.1, 0.15) is 5.60 Å². The minimum atomic E-state index is -4.54. The number of aliphatic hydroxyl groups is 1. The van der Waals surface area contributed by atoms with Gasteiger partial charge in [0.15, 0.2) is 0 Å². The van der Waals surface area contributed by atoms with Crippen molar-refractivity contribution in [3.8, 4) is 0 Å². The Morgan fingerprint density at radius 2 is 1.88 bits per heavy atom. The molecule has 0 spiro atoms. The minimum Gasteiger partial charge on any atom is -0.384 e. The van der Waals surface area contributed by atoms with Gasteiger partial charge in [0.2, 0.25) is 5.91 Å². The van der Waals surface area contributed by atoms with E-state index in [1.807, 2.05) is 6.07 Å². The molecule has 10 heteroatoms. The van der Waals surface area contributed by atoms with Gasteiger partial charge >= 0.3 is 6.18 Å². The van der Waals surface area contributed by atoms with Gasteiger partial charge in [-0.2, -0.15) is 13.2 Å². The van der Waals surface area contributed by atoms with Crippen molar-refractivity contribution in [3.05, 3.63) is 52.5 Å². The average molecular weight is 496 g/mol. The number of carbonyl (C=O) groups excluding carboxylic acids is 2. The lowest BCUT2D eigenvalue weighted by atomic mass is 9.72. The molecule has 3 N–H and O–H groups in total. The summed E-state index contributed by atoms with van der Waals surface area (Å²) in [5.41, 5.74) is -1.82. The predicted molar refractivity (Wildman–Crippen MR) is 121 cm³/mol. The summed E-state index contributed by atoms with van der Waals surface area (Å²) in [5, 5.41) is 16.3. The van der Waals surface area contributed by atoms with E-state index in [-0.39, 0.29) is 24.1 Å². The number of rotatable bonds is 6. The molecule has 2 saturated carbocycles. The topological polar surface area (TPSA) is 91.3 Å². The van der Waals surface area contributed by atoms with E-state index in [9.17, 15) is 27.9 Å². The highest BCUT2D eigenvalue weighted by molar-refractivity contribution is 7.05. The van der Waals surface area contributed by atoms with Gasteiger partial charge in [-0.3, -0.25) is 9.59 Å². The molecule has 184 valence electrons. The summed E-state index contributed by atoms with van der Waals surface area (Å²) >= 11 is 1.35. The zero-order chi connectivity index (χ0) is 24.3. The van der Waals surface area contributed by atoms with Crippen LogP contribution in [0.4, 0.5) is 13.2 Å². The molecular formula is C24H28F3N3O3S. The zero-order valence-electron chi connectivity index (χ0n) is 18.6. The van der Waals surface area contributed by atoms with Crippen LogP contribution >= 0.6 is 11.5 Å². The van der Waals surface area contributed by atoms with Crippen LogP contribution in [0, 0.1) is 11.8 Å². The summed E-state index contributed by atoms with van der Waals surface area (Å²) in [6, 6.07) is 6.02. The number of nitrogens with zero attached hydrogens (tertiary/aromatic N) is 1. The van der Waals surface area contributed by atoms with Crippen molar-refractivity contribution >= 4 is 23.3 Å². The highest BCUT2D eigenvalue weighted by Gasteiger charge is 2.40. The Morgan fingerprint density at radius 1 is 1.12 bits per heavy atom. The minimum absolute atomic E-state index is 0.0188. The Labute approximate surface area is 200 Å². The number of nitrogens with one attached hydrogen (secondary N) is 2. The maximum Gasteiger partial charge on any atom is 0.416 e. The first-order valence-electron chi connectivity index (χ1n) is 11.5. The number of hydrogen-bond acceptors (Lipinski definition) is 5. The van der Waals surface area contributed by atoms with Crippen LogP contribution < -0.4 is 10.6 Å². The monoisotopic (exact) mass is 495 g/mol. The lowest BCUT2D eigenvalue weighted by Gasteiger charge is -2.37. The molecule has 34 heavy (non-hydrogen) atoms. The molecular weight excluding hydrogens is 467 g/mol. The van der Waals surface area contributed by atoms with Crippen molar-refractivity contribution in [2.45, 2.75) is 62.8 Å². The molecule has 1 heterocycles. The molecule has 2 atom stereocenters. The number of alkyl halides is 3. The molecule has 2 aliphatic rings. The van der Waals surface area contributed by atoms with Crippen LogP contribution in [0.2, 0.25) is 0 Å². The lowest BCUT2D eigenvalue weighted by molar-refractivity contribution is -0.137. The molecule has 6 nitrogen and oxygen atoms in total. The predicted octanol–water partition coefficient (Wildman–Crippen LogP) is 4.25. The second kappa shape index (κ2) is 10.0. The Hall–Kier alpha value is -2.46. The maximum atomic E-state index is 12.8. The fourth-order valence-electron chi connectivity index (χ4n) is 5.25. The van der Waals surface area contributed by atoms with Crippen LogP contribution in [-0.2, 0) is 16.6 Å². The smallest absolute Gasteiger partial charge is 0.384 e. The molecule has 1 aromatic carbocycles. The Bertz CT molecular complexity index is 1000. The third kappa shape index (κ3) is 5.78. The second-order valence-corrected chi connectivity index (χ2v) is 10.2. The van der Waals surface area contributed by atoms with Crippen molar-refractivity contribution in [1.82, 2.24) is 15.0 Å². The number of carbonyl (C=O) groups is 2. The van der Waals surface area contributed by atoms with Gasteiger partial charge in [0.25, 0.3) is 5.91 Å². The molecule has 2 aromatic rings. The highest BCUT2D eigenvalue weighted by atomic mass is 32.1. The maximum absolute atomic E-state index is 12.8. The normalized spacial score (nSPS) is 27.4. The first kappa shape index (κ1) is 24.7. The Kier molecular flexibility index (Phi) is 7.28. The second-order valence-electron chi connectivity index (χ2n) is 9.34. The van der Waals surface area contributed by atoms with E-state index >= 15 is 0 Å². The fourth-order valence-corrected chi connectivity index (χ4v) is 5.98. The summed E-state index contributed by atoms with van der Waals surface area (Å²) in [6.45, 7) is -0.290. The summed E-state index contributed by atoms with van der Waals surface area (Å²) < 4.78 is 42.6.